The Morgan fingerprint density at radius 2 is 2.15 bits per heavy atom. The van der Waals surface area contributed by atoms with Gasteiger partial charge in [0.25, 0.3) is 0 Å². The van der Waals surface area contributed by atoms with Crippen molar-refractivity contribution in [2.45, 2.75) is 71.1 Å². The number of aldehydes is 1. The number of unbranched alkanes of at least 4 members (excludes halogenated alkanes) is 1. The van der Waals surface area contributed by atoms with Crippen LogP contribution in [0.1, 0.15) is 58.4 Å². The van der Waals surface area contributed by atoms with E-state index in [1.54, 1.807) is 0 Å². The van der Waals surface area contributed by atoms with E-state index < -0.39 is 5.60 Å². The molecule has 0 spiro atoms. The first-order chi connectivity index (χ1) is 12.6. The number of likely N-dealkylation sites (tertiary alicyclic amines) is 1. The van der Waals surface area contributed by atoms with Crippen molar-refractivity contribution in [1.29, 1.82) is 0 Å². The summed E-state index contributed by atoms with van der Waals surface area (Å²) >= 11 is 0. The molecule has 3 atom stereocenters. The van der Waals surface area contributed by atoms with Crippen molar-refractivity contribution in [3.8, 4) is 11.8 Å². The summed E-state index contributed by atoms with van der Waals surface area (Å²) in [5.41, 5.74) is 0.302. The molecule has 3 heteroatoms. The van der Waals surface area contributed by atoms with E-state index in [9.17, 15) is 4.79 Å². The van der Waals surface area contributed by atoms with Gasteiger partial charge in [0.1, 0.15) is 5.60 Å². The molecule has 2 rings (SSSR count). The first-order valence-electron chi connectivity index (χ1n) is 9.95. The molecule has 3 nitrogen and oxygen atoms in total. The maximum Gasteiger partial charge on any atom is 0.153 e. The Bertz CT molecular complexity index is 604. The molecule has 1 aromatic rings. The van der Waals surface area contributed by atoms with Crippen LogP contribution < -0.4 is 0 Å². The lowest BCUT2D eigenvalue weighted by atomic mass is 9.95. The molecule has 0 radical (unpaired) electrons. The maximum atomic E-state index is 11.9. The van der Waals surface area contributed by atoms with E-state index in [2.05, 4.69) is 30.6 Å². The van der Waals surface area contributed by atoms with Crippen LogP contribution in [0.3, 0.4) is 0 Å². The van der Waals surface area contributed by atoms with Crippen molar-refractivity contribution in [3.63, 3.8) is 0 Å². The summed E-state index contributed by atoms with van der Waals surface area (Å²) in [5.74, 6) is 7.16. The van der Waals surface area contributed by atoms with Crippen molar-refractivity contribution in [3.05, 3.63) is 35.9 Å². The van der Waals surface area contributed by atoms with Gasteiger partial charge in [-0.25, -0.2) is 0 Å². The molecular formula is C23H33NO2. The predicted octanol–water partition coefficient (Wildman–Crippen LogP) is 4.45. The average Bonchev–Trinajstić information content (AvgIpc) is 3.14. The van der Waals surface area contributed by atoms with Crippen LogP contribution in [0.2, 0.25) is 0 Å². The molecule has 1 aliphatic rings. The Kier molecular flexibility index (Phi) is 8.35. The van der Waals surface area contributed by atoms with Gasteiger partial charge in [-0.3, -0.25) is 4.90 Å². The fraction of sp³-hybridized carbons (Fsp3) is 0.609. The van der Waals surface area contributed by atoms with Gasteiger partial charge in [0.15, 0.2) is 6.29 Å². The number of nitrogens with zero attached hydrogens (tertiary/aromatic N) is 1. The zero-order valence-corrected chi connectivity index (χ0v) is 16.5. The molecule has 1 heterocycles. The first-order valence-corrected chi connectivity index (χ1v) is 9.95. The van der Waals surface area contributed by atoms with Crippen LogP contribution in [0.5, 0.6) is 0 Å². The largest absolute Gasteiger partial charge is 0.361 e. The van der Waals surface area contributed by atoms with Gasteiger partial charge >= 0.3 is 0 Å². The molecule has 26 heavy (non-hydrogen) atoms. The minimum Gasteiger partial charge on any atom is -0.361 e. The van der Waals surface area contributed by atoms with Gasteiger partial charge in [0.05, 0.1) is 13.2 Å². The highest BCUT2D eigenvalue weighted by molar-refractivity contribution is 5.63. The van der Waals surface area contributed by atoms with Gasteiger partial charge in [0, 0.05) is 12.0 Å². The van der Waals surface area contributed by atoms with E-state index in [4.69, 9.17) is 4.74 Å². The van der Waals surface area contributed by atoms with Crippen molar-refractivity contribution in [2.75, 3.05) is 13.1 Å². The van der Waals surface area contributed by atoms with Crippen LogP contribution in [-0.4, -0.2) is 35.9 Å². The van der Waals surface area contributed by atoms with Crippen molar-refractivity contribution < 1.29 is 9.53 Å². The van der Waals surface area contributed by atoms with Crippen LogP contribution in [0.25, 0.3) is 0 Å². The molecule has 1 fully saturated rings. The zero-order valence-electron chi connectivity index (χ0n) is 16.5. The van der Waals surface area contributed by atoms with Gasteiger partial charge in [-0.05, 0) is 38.3 Å². The lowest BCUT2D eigenvalue weighted by Gasteiger charge is -2.35. The summed E-state index contributed by atoms with van der Waals surface area (Å²) in [7, 11) is 0. The normalized spacial score (nSPS) is 20.8. The monoisotopic (exact) mass is 355 g/mol. The van der Waals surface area contributed by atoms with Crippen LogP contribution in [0, 0.1) is 17.8 Å². The van der Waals surface area contributed by atoms with Crippen molar-refractivity contribution in [1.82, 2.24) is 4.90 Å². The summed E-state index contributed by atoms with van der Waals surface area (Å²) in [4.78, 5) is 14.2. The maximum absolute atomic E-state index is 11.9. The highest BCUT2D eigenvalue weighted by Gasteiger charge is 2.41. The lowest BCUT2D eigenvalue weighted by molar-refractivity contribution is -0.139. The highest BCUT2D eigenvalue weighted by atomic mass is 16.5. The molecule has 0 N–H and O–H groups in total. The van der Waals surface area contributed by atoms with Crippen LogP contribution in [0.4, 0.5) is 0 Å². The molecule has 0 aliphatic carbocycles. The van der Waals surface area contributed by atoms with Crippen LogP contribution in [0.15, 0.2) is 30.3 Å². The Morgan fingerprint density at radius 3 is 2.85 bits per heavy atom. The van der Waals surface area contributed by atoms with Crippen LogP contribution >= 0.6 is 0 Å². The van der Waals surface area contributed by atoms with Gasteiger partial charge in [-0.1, -0.05) is 68.9 Å². The number of ether oxygens (including phenoxy) is 1. The Hall–Kier alpha value is -1.63. The minimum atomic E-state index is -0.790. The van der Waals surface area contributed by atoms with Crippen LogP contribution in [-0.2, 0) is 16.1 Å². The molecular weight excluding hydrogens is 322 g/mol. The molecule has 142 valence electrons. The van der Waals surface area contributed by atoms with E-state index in [0.29, 0.717) is 12.5 Å². The Morgan fingerprint density at radius 1 is 1.38 bits per heavy atom. The zero-order chi connectivity index (χ0) is 18.8. The Labute approximate surface area is 159 Å². The second kappa shape index (κ2) is 10.5. The van der Waals surface area contributed by atoms with E-state index in [1.807, 2.05) is 37.3 Å². The summed E-state index contributed by atoms with van der Waals surface area (Å²) in [5, 5.41) is 0. The highest BCUT2D eigenvalue weighted by Crippen LogP contribution is 2.29. The van der Waals surface area contributed by atoms with Crippen molar-refractivity contribution in [2.24, 2.45) is 5.92 Å². The molecule has 0 amide bonds. The van der Waals surface area contributed by atoms with Gasteiger partial charge in [-0.2, -0.15) is 0 Å². The van der Waals surface area contributed by atoms with E-state index in [-0.39, 0.29) is 6.04 Å². The second-order valence-corrected chi connectivity index (χ2v) is 7.57. The van der Waals surface area contributed by atoms with E-state index in [0.717, 1.165) is 37.8 Å². The quantitative estimate of drug-likeness (QED) is 0.484. The minimum absolute atomic E-state index is 0.101. The third-order valence-corrected chi connectivity index (χ3v) is 5.27. The lowest BCUT2D eigenvalue weighted by Crippen LogP contribution is -2.50. The molecule has 0 saturated carbocycles. The van der Waals surface area contributed by atoms with Gasteiger partial charge < -0.3 is 9.53 Å². The topological polar surface area (TPSA) is 29.5 Å². The van der Waals surface area contributed by atoms with Crippen molar-refractivity contribution >= 4 is 6.29 Å². The second-order valence-electron chi connectivity index (χ2n) is 7.57. The SMILES string of the molecule is CCCC[C@@H](C)C#CCN1CCC[C@H]1[C@](C)(C=O)OCc1ccccc1. The fourth-order valence-corrected chi connectivity index (χ4v) is 3.59. The molecule has 1 aliphatic heterocycles. The first kappa shape index (κ1) is 20.7. The standard InChI is InChI=1S/C23H33NO2/c1-4-5-11-20(2)12-9-16-24-17-10-15-22(24)23(3,19-25)26-18-21-13-7-6-8-14-21/h6-8,13-14,19-20,22H,4-5,10-11,15-18H2,1-3H3/t20-,22+,23+/m1/s1. The third-order valence-electron chi connectivity index (χ3n) is 5.27. The molecule has 0 unspecified atom stereocenters. The molecule has 0 bridgehead atoms. The van der Waals surface area contributed by atoms with Gasteiger partial charge in [-0.15, -0.1) is 0 Å². The number of carbonyl (C=O) groups excluding carboxylic acids is 1. The number of rotatable bonds is 9. The number of carbonyl (C=O) groups is 1. The third kappa shape index (κ3) is 5.97. The fourth-order valence-electron chi connectivity index (χ4n) is 3.59. The predicted molar refractivity (Wildman–Crippen MR) is 107 cm³/mol. The average molecular weight is 356 g/mol. The molecule has 1 aromatic carbocycles. The summed E-state index contributed by atoms with van der Waals surface area (Å²) < 4.78 is 6.10. The Balaban J connectivity index is 1.95. The number of hydrogen-bond donors (Lipinski definition) is 0. The van der Waals surface area contributed by atoms with E-state index >= 15 is 0 Å². The summed E-state index contributed by atoms with van der Waals surface area (Å²) in [6.07, 6.45) is 6.68. The van der Waals surface area contributed by atoms with Gasteiger partial charge in [0.2, 0.25) is 0 Å². The number of benzene rings is 1. The molecule has 1 saturated heterocycles. The summed E-state index contributed by atoms with van der Waals surface area (Å²) in [6.45, 7) is 8.50. The summed E-state index contributed by atoms with van der Waals surface area (Å²) in [6, 6.07) is 10.1. The smallest absolute Gasteiger partial charge is 0.153 e. The number of hydrogen-bond acceptors (Lipinski definition) is 3. The van der Waals surface area contributed by atoms with E-state index in [1.165, 1.54) is 19.3 Å². The molecule has 0 aromatic heterocycles.